The maximum atomic E-state index is 14.2. The molecular formula is C42H33N5O6. The Bertz CT molecular complexity index is 2570. The van der Waals surface area contributed by atoms with Gasteiger partial charge in [0.1, 0.15) is 17.2 Å². The van der Waals surface area contributed by atoms with Crippen LogP contribution in [0.4, 0.5) is 17.1 Å². The van der Waals surface area contributed by atoms with Crippen LogP contribution in [0.3, 0.4) is 0 Å². The minimum absolute atomic E-state index is 0.0840. The Morgan fingerprint density at radius 3 is 1.53 bits per heavy atom. The minimum Gasteiger partial charge on any atom is -0.497 e. The van der Waals surface area contributed by atoms with Crippen molar-refractivity contribution in [2.24, 2.45) is 0 Å². The normalized spacial score (nSPS) is 10.9. The Morgan fingerprint density at radius 2 is 1.08 bits per heavy atom. The lowest BCUT2D eigenvalue weighted by Crippen LogP contribution is -2.18. The SMILES string of the molecule is COc1ccc(-c2nc3ccccc3c(C(=O)Nc3ccc([N+](=O)[O-])c(NC(=O)c4c(C)c(-c5ccc(OC)cc5)nc5ccccc45)c3)c2C)cc1. The molecule has 53 heavy (non-hydrogen) atoms. The number of pyridine rings is 2. The summed E-state index contributed by atoms with van der Waals surface area (Å²) in [6.45, 7) is 3.62. The lowest BCUT2D eigenvalue weighted by atomic mass is 9.97. The number of nitro benzene ring substituents is 1. The largest absolute Gasteiger partial charge is 0.497 e. The number of benzene rings is 5. The number of amides is 2. The molecule has 262 valence electrons. The first kappa shape index (κ1) is 34.3. The minimum atomic E-state index is -0.580. The number of hydrogen-bond acceptors (Lipinski definition) is 8. The zero-order valence-electron chi connectivity index (χ0n) is 29.3. The highest BCUT2D eigenvalue weighted by molar-refractivity contribution is 6.16. The molecule has 2 amide bonds. The van der Waals surface area contributed by atoms with E-state index in [4.69, 9.17) is 19.4 Å². The molecule has 0 radical (unpaired) electrons. The van der Waals surface area contributed by atoms with Gasteiger partial charge in [-0.25, -0.2) is 9.97 Å². The first-order valence-electron chi connectivity index (χ1n) is 16.7. The maximum absolute atomic E-state index is 14.2. The smallest absolute Gasteiger partial charge is 0.292 e. The number of para-hydroxylation sites is 2. The van der Waals surface area contributed by atoms with E-state index in [9.17, 15) is 19.7 Å². The molecule has 0 aliphatic rings. The molecule has 0 saturated heterocycles. The van der Waals surface area contributed by atoms with Crippen LogP contribution in [0, 0.1) is 24.0 Å². The van der Waals surface area contributed by atoms with Crippen molar-refractivity contribution < 1.29 is 24.0 Å². The summed E-state index contributed by atoms with van der Waals surface area (Å²) in [7, 11) is 3.17. The third-order valence-corrected chi connectivity index (χ3v) is 9.15. The summed E-state index contributed by atoms with van der Waals surface area (Å²) in [5, 5.41) is 19.1. The molecule has 0 aliphatic carbocycles. The van der Waals surface area contributed by atoms with Gasteiger partial charge in [-0.3, -0.25) is 19.7 Å². The quantitative estimate of drug-likeness (QED) is 0.112. The first-order valence-corrected chi connectivity index (χ1v) is 16.7. The van der Waals surface area contributed by atoms with Gasteiger partial charge in [0.15, 0.2) is 0 Å². The molecule has 0 aliphatic heterocycles. The van der Waals surface area contributed by atoms with Crippen LogP contribution in [0.15, 0.2) is 115 Å². The van der Waals surface area contributed by atoms with E-state index in [1.807, 2.05) is 91.9 Å². The zero-order chi connectivity index (χ0) is 37.2. The molecule has 11 heteroatoms. The number of fused-ring (bicyclic) bond motifs is 2. The van der Waals surface area contributed by atoms with Crippen molar-refractivity contribution >= 4 is 50.7 Å². The van der Waals surface area contributed by atoms with Crippen molar-refractivity contribution in [3.63, 3.8) is 0 Å². The molecule has 5 aromatic carbocycles. The average molecular weight is 704 g/mol. The number of carbonyl (C=O) groups is 2. The molecule has 0 saturated carbocycles. The van der Waals surface area contributed by atoms with Gasteiger partial charge < -0.3 is 20.1 Å². The van der Waals surface area contributed by atoms with Crippen molar-refractivity contribution in [3.8, 4) is 34.0 Å². The Hall–Kier alpha value is -7.14. The molecule has 0 unspecified atom stereocenters. The summed E-state index contributed by atoms with van der Waals surface area (Å²) >= 11 is 0. The van der Waals surface area contributed by atoms with Gasteiger partial charge in [-0.1, -0.05) is 36.4 Å². The third kappa shape index (κ3) is 6.59. The third-order valence-electron chi connectivity index (χ3n) is 9.15. The zero-order valence-corrected chi connectivity index (χ0v) is 29.3. The van der Waals surface area contributed by atoms with E-state index in [1.165, 1.54) is 18.2 Å². The molecule has 0 atom stereocenters. The first-order chi connectivity index (χ1) is 25.7. The van der Waals surface area contributed by atoms with Crippen LogP contribution in [0.5, 0.6) is 11.5 Å². The fourth-order valence-corrected chi connectivity index (χ4v) is 6.51. The molecule has 7 rings (SSSR count). The van der Waals surface area contributed by atoms with Crippen molar-refractivity contribution in [2.75, 3.05) is 24.9 Å². The lowest BCUT2D eigenvalue weighted by Gasteiger charge is -2.16. The second-order valence-corrected chi connectivity index (χ2v) is 12.3. The van der Waals surface area contributed by atoms with E-state index in [1.54, 1.807) is 33.3 Å². The Labute approximate surface area is 304 Å². The number of anilines is 2. The van der Waals surface area contributed by atoms with Gasteiger partial charge in [0.25, 0.3) is 17.5 Å². The number of rotatable bonds is 9. The second-order valence-electron chi connectivity index (χ2n) is 12.3. The van der Waals surface area contributed by atoms with Crippen molar-refractivity contribution in [1.82, 2.24) is 9.97 Å². The number of carbonyl (C=O) groups excluding carboxylic acids is 2. The van der Waals surface area contributed by atoms with Crippen molar-refractivity contribution in [3.05, 3.63) is 148 Å². The summed E-state index contributed by atoms with van der Waals surface area (Å²) in [6.07, 6.45) is 0. The summed E-state index contributed by atoms with van der Waals surface area (Å²) in [5.74, 6) is 0.357. The molecule has 0 fully saturated rings. The molecular weight excluding hydrogens is 670 g/mol. The molecule has 7 aromatic rings. The number of hydrogen-bond donors (Lipinski definition) is 2. The Balaban J connectivity index is 1.26. The fourth-order valence-electron chi connectivity index (χ4n) is 6.51. The molecule has 0 bridgehead atoms. The van der Waals surface area contributed by atoms with Gasteiger partial charge in [0, 0.05) is 33.7 Å². The van der Waals surface area contributed by atoms with Crippen LogP contribution < -0.4 is 20.1 Å². The van der Waals surface area contributed by atoms with Crippen LogP contribution >= 0.6 is 0 Å². The van der Waals surface area contributed by atoms with Gasteiger partial charge in [-0.05, 0) is 97.8 Å². The Morgan fingerprint density at radius 1 is 0.623 bits per heavy atom. The van der Waals surface area contributed by atoms with Gasteiger partial charge in [-0.15, -0.1) is 0 Å². The van der Waals surface area contributed by atoms with Gasteiger partial charge in [0.05, 0.1) is 52.7 Å². The summed E-state index contributed by atoms with van der Waals surface area (Å²) in [6, 6.07) is 33.4. The summed E-state index contributed by atoms with van der Waals surface area (Å²) < 4.78 is 10.6. The number of aromatic nitrogens is 2. The van der Waals surface area contributed by atoms with Crippen molar-refractivity contribution in [2.45, 2.75) is 13.8 Å². The van der Waals surface area contributed by atoms with Crippen LogP contribution in [0.25, 0.3) is 44.3 Å². The molecule has 11 nitrogen and oxygen atoms in total. The highest BCUT2D eigenvalue weighted by Crippen LogP contribution is 2.35. The number of ether oxygens (including phenoxy) is 2. The van der Waals surface area contributed by atoms with Gasteiger partial charge in [-0.2, -0.15) is 0 Å². The summed E-state index contributed by atoms with van der Waals surface area (Å²) in [5.41, 5.74) is 5.77. The highest BCUT2D eigenvalue weighted by atomic mass is 16.6. The van der Waals surface area contributed by atoms with E-state index < -0.39 is 16.7 Å². The average Bonchev–Trinajstić information content (AvgIpc) is 3.17. The lowest BCUT2D eigenvalue weighted by molar-refractivity contribution is -0.383. The Kier molecular flexibility index (Phi) is 9.22. The number of nitrogens with one attached hydrogen (secondary N) is 2. The monoisotopic (exact) mass is 703 g/mol. The molecule has 0 spiro atoms. The molecule has 2 heterocycles. The van der Waals surface area contributed by atoms with Crippen LogP contribution in [0.2, 0.25) is 0 Å². The van der Waals surface area contributed by atoms with Crippen LogP contribution in [-0.2, 0) is 0 Å². The summed E-state index contributed by atoms with van der Waals surface area (Å²) in [4.78, 5) is 49.6. The van der Waals surface area contributed by atoms with Crippen LogP contribution in [0.1, 0.15) is 31.8 Å². The standard InChI is InChI=1S/C42H33N5O6/c1-24-37(31-9-5-7-11-33(31)44-39(24)26-13-18-29(52-3)19-14-26)41(48)43-28-17-22-36(47(50)51)35(23-28)46-42(49)38-25(2)40(27-15-20-30(53-4)21-16-27)45-34-12-8-6-10-32(34)38/h5-23H,1-4H3,(H,43,48)(H,46,49). The molecule has 2 aromatic heterocycles. The predicted octanol–water partition coefficient (Wildman–Crippen LogP) is 9.16. The van der Waals surface area contributed by atoms with E-state index in [0.29, 0.717) is 66.9 Å². The highest BCUT2D eigenvalue weighted by Gasteiger charge is 2.24. The maximum Gasteiger partial charge on any atom is 0.292 e. The van der Waals surface area contributed by atoms with Crippen molar-refractivity contribution in [1.29, 1.82) is 0 Å². The number of nitro groups is 1. The number of methoxy groups -OCH3 is 2. The predicted molar refractivity (Wildman–Crippen MR) is 206 cm³/mol. The number of nitrogens with zero attached hydrogens (tertiary/aromatic N) is 3. The second kappa shape index (κ2) is 14.2. The van der Waals surface area contributed by atoms with E-state index >= 15 is 0 Å². The topological polar surface area (TPSA) is 146 Å². The molecule has 2 N–H and O–H groups in total. The van der Waals surface area contributed by atoms with E-state index in [-0.39, 0.29) is 17.1 Å². The van der Waals surface area contributed by atoms with E-state index in [2.05, 4.69) is 10.6 Å². The van der Waals surface area contributed by atoms with Gasteiger partial charge >= 0.3 is 0 Å². The van der Waals surface area contributed by atoms with Crippen LogP contribution in [-0.4, -0.2) is 40.9 Å². The fraction of sp³-hybridized carbons (Fsp3) is 0.0952. The van der Waals surface area contributed by atoms with E-state index in [0.717, 1.165) is 11.1 Å². The van der Waals surface area contributed by atoms with Gasteiger partial charge in [0.2, 0.25) is 0 Å².